The molecule has 0 fully saturated rings. The van der Waals surface area contributed by atoms with Crippen LogP contribution in [0.4, 0.5) is 15.8 Å². The maximum Gasteiger partial charge on any atom is 0.293 e. The van der Waals surface area contributed by atoms with Gasteiger partial charge >= 0.3 is 0 Å². The molecule has 0 atom stereocenters. The van der Waals surface area contributed by atoms with Crippen molar-refractivity contribution in [2.45, 2.75) is 0 Å². The maximum atomic E-state index is 13.6. The summed E-state index contributed by atoms with van der Waals surface area (Å²) in [6, 6.07) is 11.0. The maximum absolute atomic E-state index is 13.6. The molecule has 2 aromatic carbocycles. The Morgan fingerprint density at radius 2 is 2.00 bits per heavy atom. The Hall–Kier alpha value is -3.02. The Morgan fingerprint density at radius 3 is 2.73 bits per heavy atom. The summed E-state index contributed by atoms with van der Waals surface area (Å²) in [5.74, 6) is -0.777. The number of nitrogen functional groups attached to an aromatic ring is 1. The van der Waals surface area contributed by atoms with E-state index in [0.29, 0.717) is 16.7 Å². The van der Waals surface area contributed by atoms with E-state index in [1.807, 2.05) is 0 Å². The topological polar surface area (TPSA) is 77.5 Å². The predicted octanol–water partition coefficient (Wildman–Crippen LogP) is 3.42. The lowest BCUT2D eigenvalue weighted by atomic mass is 10.2. The average Bonchev–Trinajstić information content (AvgIpc) is 2.87. The number of hydrogen-bond acceptors (Lipinski definition) is 4. The van der Waals surface area contributed by atoms with Gasteiger partial charge in [0, 0.05) is 5.39 Å². The molecule has 0 aliphatic heterocycles. The molecule has 3 rings (SSSR count). The number of furan rings is 1. The first kappa shape index (κ1) is 13.9. The second-order valence-corrected chi connectivity index (χ2v) is 4.62. The van der Waals surface area contributed by atoms with Crippen molar-refractivity contribution in [1.29, 1.82) is 0 Å². The third-order valence-electron chi connectivity index (χ3n) is 3.27. The molecule has 1 amide bonds. The van der Waals surface area contributed by atoms with Crippen molar-refractivity contribution < 1.29 is 18.3 Å². The standard InChI is InChI=1S/C16H13FN2O3/c1-21-12-8-4-5-9-13(18)15(22-14(9)12)16(20)19-11-7-3-2-6-10(11)17/h2-8H,18H2,1H3,(H,19,20). The van der Waals surface area contributed by atoms with Gasteiger partial charge in [-0.25, -0.2) is 4.39 Å². The Balaban J connectivity index is 2.01. The van der Waals surface area contributed by atoms with Crippen molar-refractivity contribution in [2.24, 2.45) is 0 Å². The summed E-state index contributed by atoms with van der Waals surface area (Å²) in [5.41, 5.74) is 6.57. The quantitative estimate of drug-likeness (QED) is 0.777. The Kier molecular flexibility index (Phi) is 3.42. The number of nitrogens with one attached hydrogen (secondary N) is 1. The van der Waals surface area contributed by atoms with Gasteiger partial charge in [0.25, 0.3) is 5.91 Å². The van der Waals surface area contributed by atoms with Gasteiger partial charge in [0.05, 0.1) is 18.5 Å². The second-order valence-electron chi connectivity index (χ2n) is 4.62. The van der Waals surface area contributed by atoms with E-state index in [-0.39, 0.29) is 17.1 Å². The summed E-state index contributed by atoms with van der Waals surface area (Å²) in [4.78, 5) is 12.3. The number of benzene rings is 2. The highest BCUT2D eigenvalue weighted by molar-refractivity contribution is 6.11. The van der Waals surface area contributed by atoms with E-state index in [0.717, 1.165) is 0 Å². The van der Waals surface area contributed by atoms with Gasteiger partial charge in [0.15, 0.2) is 11.3 Å². The molecular formula is C16H13FN2O3. The summed E-state index contributed by atoms with van der Waals surface area (Å²) < 4.78 is 24.3. The smallest absolute Gasteiger partial charge is 0.293 e. The normalized spacial score (nSPS) is 10.6. The van der Waals surface area contributed by atoms with Gasteiger partial charge in [-0.2, -0.15) is 0 Å². The van der Waals surface area contributed by atoms with Crippen molar-refractivity contribution in [3.63, 3.8) is 0 Å². The number of methoxy groups -OCH3 is 1. The molecule has 0 spiro atoms. The number of fused-ring (bicyclic) bond motifs is 1. The number of ether oxygens (including phenoxy) is 1. The van der Waals surface area contributed by atoms with Crippen molar-refractivity contribution in [3.05, 3.63) is 54.0 Å². The zero-order valence-electron chi connectivity index (χ0n) is 11.7. The Morgan fingerprint density at radius 1 is 1.23 bits per heavy atom. The molecular weight excluding hydrogens is 287 g/mol. The summed E-state index contributed by atoms with van der Waals surface area (Å²) in [5, 5.41) is 3.00. The summed E-state index contributed by atoms with van der Waals surface area (Å²) in [6.45, 7) is 0. The number of rotatable bonds is 3. The molecule has 3 aromatic rings. The van der Waals surface area contributed by atoms with Gasteiger partial charge in [-0.15, -0.1) is 0 Å². The first-order chi connectivity index (χ1) is 10.6. The number of para-hydroxylation sites is 2. The van der Waals surface area contributed by atoms with Crippen LogP contribution in [0.1, 0.15) is 10.6 Å². The summed E-state index contributed by atoms with van der Waals surface area (Å²) in [6.07, 6.45) is 0. The van der Waals surface area contributed by atoms with Crippen LogP contribution in [0.25, 0.3) is 11.0 Å². The molecule has 1 aromatic heterocycles. The highest BCUT2D eigenvalue weighted by Gasteiger charge is 2.21. The lowest BCUT2D eigenvalue weighted by Crippen LogP contribution is -2.13. The van der Waals surface area contributed by atoms with E-state index in [9.17, 15) is 9.18 Å². The predicted molar refractivity (Wildman–Crippen MR) is 81.5 cm³/mol. The number of halogens is 1. The third kappa shape index (κ3) is 2.24. The molecule has 0 aliphatic rings. The first-order valence-corrected chi connectivity index (χ1v) is 6.52. The minimum atomic E-state index is -0.624. The van der Waals surface area contributed by atoms with Crippen LogP contribution in [0.2, 0.25) is 0 Å². The SMILES string of the molecule is COc1cccc2c(N)c(C(=O)Nc3ccccc3F)oc12. The van der Waals surface area contributed by atoms with Crippen LogP contribution in [-0.2, 0) is 0 Å². The van der Waals surface area contributed by atoms with Crippen molar-refractivity contribution in [3.8, 4) is 5.75 Å². The number of amides is 1. The van der Waals surface area contributed by atoms with Gasteiger partial charge in [-0.3, -0.25) is 4.79 Å². The van der Waals surface area contributed by atoms with Gasteiger partial charge < -0.3 is 20.2 Å². The first-order valence-electron chi connectivity index (χ1n) is 6.52. The molecule has 22 heavy (non-hydrogen) atoms. The fourth-order valence-electron chi connectivity index (χ4n) is 2.18. The van der Waals surface area contributed by atoms with Crippen LogP contribution < -0.4 is 15.8 Å². The molecule has 0 saturated heterocycles. The Labute approximate surface area is 125 Å². The fourth-order valence-corrected chi connectivity index (χ4v) is 2.18. The molecule has 5 nitrogen and oxygen atoms in total. The minimum Gasteiger partial charge on any atom is -0.493 e. The van der Waals surface area contributed by atoms with Crippen LogP contribution in [-0.4, -0.2) is 13.0 Å². The number of anilines is 2. The van der Waals surface area contributed by atoms with Crippen LogP contribution in [0.3, 0.4) is 0 Å². The highest BCUT2D eigenvalue weighted by atomic mass is 19.1. The van der Waals surface area contributed by atoms with Gasteiger partial charge in [-0.05, 0) is 24.3 Å². The zero-order chi connectivity index (χ0) is 15.7. The van der Waals surface area contributed by atoms with E-state index in [2.05, 4.69) is 5.32 Å². The molecule has 3 N–H and O–H groups in total. The highest BCUT2D eigenvalue weighted by Crippen LogP contribution is 2.34. The fraction of sp³-hybridized carbons (Fsp3) is 0.0625. The second kappa shape index (κ2) is 5.40. The van der Waals surface area contributed by atoms with Crippen LogP contribution in [0.5, 0.6) is 5.75 Å². The van der Waals surface area contributed by atoms with E-state index in [1.54, 1.807) is 24.3 Å². The van der Waals surface area contributed by atoms with Crippen molar-refractivity contribution in [2.75, 3.05) is 18.2 Å². The molecule has 1 heterocycles. The monoisotopic (exact) mass is 300 g/mol. The van der Waals surface area contributed by atoms with Gasteiger partial charge in [0.1, 0.15) is 5.82 Å². The lowest BCUT2D eigenvalue weighted by Gasteiger charge is -2.04. The lowest BCUT2D eigenvalue weighted by molar-refractivity contribution is 0.0999. The van der Waals surface area contributed by atoms with Gasteiger partial charge in [0.2, 0.25) is 5.76 Å². The largest absolute Gasteiger partial charge is 0.493 e. The minimum absolute atomic E-state index is 0.0549. The van der Waals surface area contributed by atoms with E-state index >= 15 is 0 Å². The van der Waals surface area contributed by atoms with Crippen molar-refractivity contribution in [1.82, 2.24) is 0 Å². The molecule has 0 aliphatic carbocycles. The molecule has 0 radical (unpaired) electrons. The third-order valence-corrected chi connectivity index (χ3v) is 3.27. The molecule has 0 bridgehead atoms. The molecule has 0 unspecified atom stereocenters. The molecule has 6 heteroatoms. The molecule has 112 valence electrons. The molecule has 0 saturated carbocycles. The van der Waals surface area contributed by atoms with E-state index in [4.69, 9.17) is 14.9 Å². The average molecular weight is 300 g/mol. The van der Waals surface area contributed by atoms with Crippen LogP contribution >= 0.6 is 0 Å². The van der Waals surface area contributed by atoms with E-state index in [1.165, 1.54) is 25.3 Å². The summed E-state index contributed by atoms with van der Waals surface area (Å²) in [7, 11) is 1.49. The number of carbonyl (C=O) groups excluding carboxylic acids is 1. The summed E-state index contributed by atoms with van der Waals surface area (Å²) >= 11 is 0. The number of carbonyl (C=O) groups is 1. The van der Waals surface area contributed by atoms with Gasteiger partial charge in [-0.1, -0.05) is 18.2 Å². The Bertz CT molecular complexity index is 858. The number of hydrogen-bond donors (Lipinski definition) is 2. The van der Waals surface area contributed by atoms with E-state index < -0.39 is 11.7 Å². The van der Waals surface area contributed by atoms with Crippen LogP contribution in [0, 0.1) is 5.82 Å². The zero-order valence-corrected chi connectivity index (χ0v) is 11.7. The van der Waals surface area contributed by atoms with Crippen LogP contribution in [0.15, 0.2) is 46.9 Å². The number of nitrogens with two attached hydrogens (primary N) is 1. The van der Waals surface area contributed by atoms with Crippen molar-refractivity contribution >= 4 is 28.3 Å².